The van der Waals surface area contributed by atoms with Crippen LogP contribution in [0.4, 0.5) is 13.2 Å². The summed E-state index contributed by atoms with van der Waals surface area (Å²) in [7, 11) is 0. The Kier molecular flexibility index (Phi) is 3.43. The van der Waals surface area contributed by atoms with Crippen molar-refractivity contribution >= 4 is 0 Å². The Bertz CT molecular complexity index is 331. The molecule has 1 aromatic rings. The summed E-state index contributed by atoms with van der Waals surface area (Å²) < 4.78 is 37.5. The van der Waals surface area contributed by atoms with Crippen molar-refractivity contribution in [2.75, 3.05) is 0 Å². The largest absolute Gasteiger partial charge is 0.392 e. The van der Waals surface area contributed by atoms with Gasteiger partial charge < -0.3 is 10.8 Å². The molecule has 14 heavy (non-hydrogen) atoms. The second kappa shape index (κ2) is 4.39. The molecule has 3 nitrogen and oxygen atoms in total. The number of aromatic nitrogens is 1. The lowest BCUT2D eigenvalue weighted by Gasteiger charge is -2.09. The standard InChI is InChI=1S/C8H9F3N2O/c9-6-5(3-14)4(1-12)2-13-7(6)8(10)11/h2,8,14H,1,3,12H2. The number of alkyl halides is 2. The first-order chi connectivity index (χ1) is 6.61. The summed E-state index contributed by atoms with van der Waals surface area (Å²) in [5.41, 5.74) is 4.28. The number of nitrogens with two attached hydrogens (primary N) is 1. The van der Waals surface area contributed by atoms with E-state index in [4.69, 9.17) is 10.8 Å². The highest BCUT2D eigenvalue weighted by Crippen LogP contribution is 2.23. The molecule has 6 heteroatoms. The normalized spacial score (nSPS) is 11.0. The second-order valence-electron chi connectivity index (χ2n) is 2.62. The van der Waals surface area contributed by atoms with Crippen molar-refractivity contribution < 1.29 is 18.3 Å². The number of pyridine rings is 1. The summed E-state index contributed by atoms with van der Waals surface area (Å²) >= 11 is 0. The zero-order chi connectivity index (χ0) is 10.7. The predicted molar refractivity (Wildman–Crippen MR) is 43.0 cm³/mol. The number of hydrogen-bond acceptors (Lipinski definition) is 3. The fraction of sp³-hybridized carbons (Fsp3) is 0.375. The molecule has 0 aliphatic rings. The molecule has 0 unspecified atom stereocenters. The molecule has 1 rings (SSSR count). The van der Waals surface area contributed by atoms with Gasteiger partial charge in [0.2, 0.25) is 0 Å². The Hall–Kier alpha value is -1.14. The first kappa shape index (κ1) is 10.9. The molecule has 0 fully saturated rings. The van der Waals surface area contributed by atoms with Crippen molar-refractivity contribution in [3.05, 3.63) is 28.8 Å². The average molecular weight is 206 g/mol. The van der Waals surface area contributed by atoms with Crippen LogP contribution in [0.2, 0.25) is 0 Å². The summed E-state index contributed by atoms with van der Waals surface area (Å²) in [6.45, 7) is -0.718. The van der Waals surface area contributed by atoms with Gasteiger partial charge in [-0.3, -0.25) is 4.98 Å². The fourth-order valence-corrected chi connectivity index (χ4v) is 1.08. The molecule has 0 radical (unpaired) electrons. The van der Waals surface area contributed by atoms with Gasteiger partial charge in [-0.25, -0.2) is 13.2 Å². The van der Waals surface area contributed by atoms with Gasteiger partial charge in [-0.15, -0.1) is 0 Å². The van der Waals surface area contributed by atoms with Crippen LogP contribution in [-0.4, -0.2) is 10.1 Å². The van der Waals surface area contributed by atoms with Gasteiger partial charge in [0, 0.05) is 18.3 Å². The summed E-state index contributed by atoms with van der Waals surface area (Å²) in [4.78, 5) is 3.24. The topological polar surface area (TPSA) is 59.1 Å². The Morgan fingerprint density at radius 2 is 2.14 bits per heavy atom. The van der Waals surface area contributed by atoms with Crippen LogP contribution in [0.1, 0.15) is 23.2 Å². The maximum Gasteiger partial charge on any atom is 0.283 e. The van der Waals surface area contributed by atoms with E-state index in [2.05, 4.69) is 4.98 Å². The number of halogens is 3. The Morgan fingerprint density at radius 1 is 1.50 bits per heavy atom. The number of rotatable bonds is 3. The Balaban J connectivity index is 3.27. The molecule has 0 amide bonds. The van der Waals surface area contributed by atoms with Crippen LogP contribution in [0.25, 0.3) is 0 Å². The lowest BCUT2D eigenvalue weighted by atomic mass is 10.1. The first-order valence-electron chi connectivity index (χ1n) is 3.87. The van der Waals surface area contributed by atoms with Crippen molar-refractivity contribution in [3.63, 3.8) is 0 Å². The zero-order valence-corrected chi connectivity index (χ0v) is 7.17. The zero-order valence-electron chi connectivity index (χ0n) is 7.17. The summed E-state index contributed by atoms with van der Waals surface area (Å²) in [5, 5.41) is 8.77. The minimum atomic E-state index is -2.99. The van der Waals surface area contributed by atoms with Gasteiger partial charge in [0.1, 0.15) is 5.69 Å². The van der Waals surface area contributed by atoms with Crippen LogP contribution in [0, 0.1) is 5.82 Å². The predicted octanol–water partition coefficient (Wildman–Crippen LogP) is 1.11. The third-order valence-corrected chi connectivity index (χ3v) is 1.82. The summed E-state index contributed by atoms with van der Waals surface area (Å²) in [6.07, 6.45) is -1.94. The van der Waals surface area contributed by atoms with Crippen molar-refractivity contribution in [2.24, 2.45) is 5.73 Å². The summed E-state index contributed by atoms with van der Waals surface area (Å²) in [6, 6.07) is 0. The highest BCUT2D eigenvalue weighted by Gasteiger charge is 2.19. The van der Waals surface area contributed by atoms with Crippen LogP contribution in [-0.2, 0) is 13.2 Å². The van der Waals surface area contributed by atoms with Crippen LogP contribution in [0.3, 0.4) is 0 Å². The van der Waals surface area contributed by atoms with E-state index in [1.165, 1.54) is 0 Å². The molecule has 0 aliphatic heterocycles. The first-order valence-corrected chi connectivity index (χ1v) is 3.87. The molecule has 3 N–H and O–H groups in total. The Morgan fingerprint density at radius 3 is 2.57 bits per heavy atom. The van der Waals surface area contributed by atoms with E-state index in [-0.39, 0.29) is 17.7 Å². The molecular formula is C8H9F3N2O. The number of aliphatic hydroxyl groups excluding tert-OH is 1. The van der Waals surface area contributed by atoms with E-state index in [1.54, 1.807) is 0 Å². The second-order valence-corrected chi connectivity index (χ2v) is 2.62. The lowest BCUT2D eigenvalue weighted by Crippen LogP contribution is -2.09. The van der Waals surface area contributed by atoms with Gasteiger partial charge in [0.25, 0.3) is 6.43 Å². The maximum absolute atomic E-state index is 13.2. The molecule has 0 aromatic carbocycles. The molecular weight excluding hydrogens is 197 g/mol. The van der Waals surface area contributed by atoms with E-state index in [9.17, 15) is 13.2 Å². The van der Waals surface area contributed by atoms with E-state index in [1.807, 2.05) is 0 Å². The van der Waals surface area contributed by atoms with Crippen molar-refractivity contribution in [1.29, 1.82) is 0 Å². The molecule has 1 heterocycles. The highest BCUT2D eigenvalue weighted by molar-refractivity contribution is 5.28. The number of hydrogen-bond donors (Lipinski definition) is 2. The van der Waals surface area contributed by atoms with Gasteiger partial charge in [-0.05, 0) is 5.56 Å². The van der Waals surface area contributed by atoms with Crippen LogP contribution in [0.5, 0.6) is 0 Å². The van der Waals surface area contributed by atoms with Gasteiger partial charge in [-0.2, -0.15) is 0 Å². The minimum absolute atomic E-state index is 0.0523. The van der Waals surface area contributed by atoms with Crippen molar-refractivity contribution in [3.8, 4) is 0 Å². The molecule has 78 valence electrons. The third-order valence-electron chi connectivity index (χ3n) is 1.82. The van der Waals surface area contributed by atoms with E-state index >= 15 is 0 Å². The quantitative estimate of drug-likeness (QED) is 0.778. The van der Waals surface area contributed by atoms with Crippen LogP contribution in [0.15, 0.2) is 6.20 Å². The van der Waals surface area contributed by atoms with Crippen molar-refractivity contribution in [1.82, 2.24) is 4.98 Å². The fourth-order valence-electron chi connectivity index (χ4n) is 1.08. The van der Waals surface area contributed by atoms with Crippen molar-refractivity contribution in [2.45, 2.75) is 19.6 Å². The third kappa shape index (κ3) is 1.85. The van der Waals surface area contributed by atoms with Gasteiger partial charge in [0.15, 0.2) is 5.82 Å². The van der Waals surface area contributed by atoms with Gasteiger partial charge in [-0.1, -0.05) is 0 Å². The van der Waals surface area contributed by atoms with Crippen LogP contribution >= 0.6 is 0 Å². The van der Waals surface area contributed by atoms with Crippen LogP contribution < -0.4 is 5.73 Å². The highest BCUT2D eigenvalue weighted by atomic mass is 19.3. The maximum atomic E-state index is 13.2. The summed E-state index contributed by atoms with van der Waals surface area (Å²) in [5.74, 6) is -1.18. The van der Waals surface area contributed by atoms with Gasteiger partial charge >= 0.3 is 0 Å². The van der Waals surface area contributed by atoms with Gasteiger partial charge in [0.05, 0.1) is 6.61 Å². The lowest BCUT2D eigenvalue weighted by molar-refractivity contribution is 0.139. The number of aliphatic hydroxyl groups is 1. The molecule has 0 bridgehead atoms. The molecule has 0 spiro atoms. The minimum Gasteiger partial charge on any atom is -0.392 e. The van der Waals surface area contributed by atoms with E-state index in [0.29, 0.717) is 0 Å². The molecule has 0 saturated heterocycles. The van der Waals surface area contributed by atoms with E-state index in [0.717, 1.165) is 6.20 Å². The molecule has 1 aromatic heterocycles. The monoisotopic (exact) mass is 206 g/mol. The molecule has 0 atom stereocenters. The molecule has 0 saturated carbocycles. The number of nitrogens with zero attached hydrogens (tertiary/aromatic N) is 1. The Labute approximate surface area is 78.4 Å². The van der Waals surface area contributed by atoms with E-state index < -0.39 is 24.5 Å². The SMILES string of the molecule is NCc1cnc(C(F)F)c(F)c1CO. The molecule has 0 aliphatic carbocycles. The smallest absolute Gasteiger partial charge is 0.283 e. The average Bonchev–Trinajstić information content (AvgIpc) is 2.16.